The quantitative estimate of drug-likeness (QED) is 0.601. The lowest BCUT2D eigenvalue weighted by molar-refractivity contribution is -0.143. The molecular formula is C22H27F6N3O2. The van der Waals surface area contributed by atoms with E-state index in [0.717, 1.165) is 12.8 Å². The van der Waals surface area contributed by atoms with Crippen LogP contribution in [0.25, 0.3) is 0 Å². The van der Waals surface area contributed by atoms with Crippen molar-refractivity contribution in [3.05, 3.63) is 34.9 Å². The Hall–Kier alpha value is -2.30. The molecule has 33 heavy (non-hydrogen) atoms. The summed E-state index contributed by atoms with van der Waals surface area (Å²) in [4.78, 5) is 26.4. The van der Waals surface area contributed by atoms with Crippen LogP contribution in [0.3, 0.4) is 0 Å². The van der Waals surface area contributed by atoms with Crippen molar-refractivity contribution in [2.45, 2.75) is 56.9 Å². The van der Waals surface area contributed by atoms with Gasteiger partial charge in [-0.3, -0.25) is 9.59 Å². The Balaban J connectivity index is 1.50. The summed E-state index contributed by atoms with van der Waals surface area (Å²) < 4.78 is 77.9. The molecule has 184 valence electrons. The third-order valence-corrected chi connectivity index (χ3v) is 6.27. The second-order valence-electron chi connectivity index (χ2n) is 8.69. The smallest absolute Gasteiger partial charge is 0.352 e. The topological polar surface area (TPSA) is 61.4 Å². The van der Waals surface area contributed by atoms with E-state index in [1.54, 1.807) is 4.90 Å². The second kappa shape index (κ2) is 10.3. The van der Waals surface area contributed by atoms with Crippen LogP contribution in [-0.4, -0.2) is 48.9 Å². The lowest BCUT2D eigenvalue weighted by Crippen LogP contribution is -2.46. The highest BCUT2D eigenvalue weighted by Gasteiger charge is 2.37. The third-order valence-electron chi connectivity index (χ3n) is 6.27. The molecule has 0 radical (unpaired) electrons. The van der Waals surface area contributed by atoms with Crippen molar-refractivity contribution in [3.63, 3.8) is 0 Å². The molecule has 2 aliphatic rings. The maximum atomic E-state index is 13.0. The van der Waals surface area contributed by atoms with Gasteiger partial charge in [0.05, 0.1) is 17.7 Å². The number of nitrogens with zero attached hydrogens (tertiary/aromatic N) is 1. The molecule has 2 fully saturated rings. The summed E-state index contributed by atoms with van der Waals surface area (Å²) in [6.07, 6.45) is -4.36. The Morgan fingerprint density at radius 2 is 1.42 bits per heavy atom. The van der Waals surface area contributed by atoms with Gasteiger partial charge >= 0.3 is 12.4 Å². The fraction of sp³-hybridized carbons (Fsp3) is 0.636. The molecule has 1 heterocycles. The van der Waals surface area contributed by atoms with Gasteiger partial charge in [-0.15, -0.1) is 0 Å². The lowest BCUT2D eigenvalue weighted by Gasteiger charge is -2.32. The number of piperidine rings is 1. The molecule has 0 aromatic heterocycles. The van der Waals surface area contributed by atoms with E-state index in [-0.39, 0.29) is 31.0 Å². The van der Waals surface area contributed by atoms with Crippen LogP contribution in [0.15, 0.2) is 18.2 Å². The van der Waals surface area contributed by atoms with Crippen molar-refractivity contribution in [3.8, 4) is 0 Å². The van der Waals surface area contributed by atoms with E-state index in [1.807, 2.05) is 0 Å². The first kappa shape index (κ1) is 25.3. The van der Waals surface area contributed by atoms with Crippen molar-refractivity contribution in [2.75, 3.05) is 26.2 Å². The number of benzene rings is 1. The molecule has 11 heteroatoms. The molecule has 1 aliphatic heterocycles. The number of alkyl halides is 6. The molecule has 3 rings (SSSR count). The maximum Gasteiger partial charge on any atom is 0.416 e. The summed E-state index contributed by atoms with van der Waals surface area (Å²) in [6, 6.07) is 1.22. The highest BCUT2D eigenvalue weighted by Crippen LogP contribution is 2.36. The Morgan fingerprint density at radius 1 is 0.879 bits per heavy atom. The second-order valence-corrected chi connectivity index (χ2v) is 8.69. The van der Waals surface area contributed by atoms with Crippen LogP contribution >= 0.6 is 0 Å². The molecule has 5 nitrogen and oxygen atoms in total. The van der Waals surface area contributed by atoms with Crippen LogP contribution in [0.5, 0.6) is 0 Å². The summed E-state index contributed by atoms with van der Waals surface area (Å²) in [5.41, 5.74) is -3.75. The van der Waals surface area contributed by atoms with Crippen molar-refractivity contribution < 1.29 is 35.9 Å². The molecule has 2 amide bonds. The number of rotatable bonds is 6. The predicted octanol–water partition coefficient (Wildman–Crippen LogP) is 4.22. The number of carbonyl (C=O) groups is 2. The molecule has 1 saturated carbocycles. The largest absolute Gasteiger partial charge is 0.416 e. The standard InChI is InChI=1S/C22H27F6N3O2/c23-21(24,25)16-9-15(10-17(11-16)22(26,27)28)20(33)30-12-14-5-7-31(8-6-14)19(32)13-29-18-3-1-2-4-18/h9-11,14,18,29H,1-8,12-13H2,(H,30,33). The number of hydrogen-bond donors (Lipinski definition) is 2. The summed E-state index contributed by atoms with van der Waals surface area (Å²) in [6.45, 7) is 1.38. The number of hydrogen-bond acceptors (Lipinski definition) is 3. The first-order valence-electron chi connectivity index (χ1n) is 11.0. The van der Waals surface area contributed by atoms with E-state index >= 15 is 0 Å². The van der Waals surface area contributed by atoms with Crippen molar-refractivity contribution in [1.82, 2.24) is 15.5 Å². The van der Waals surface area contributed by atoms with E-state index in [1.165, 1.54) is 12.8 Å². The minimum absolute atomic E-state index is 0.00744. The van der Waals surface area contributed by atoms with Crippen LogP contribution in [0.1, 0.15) is 60.0 Å². The van der Waals surface area contributed by atoms with Crippen molar-refractivity contribution >= 4 is 11.8 Å². The van der Waals surface area contributed by atoms with Crippen LogP contribution < -0.4 is 10.6 Å². The SMILES string of the molecule is O=C(NCC1CCN(C(=O)CNC2CCCC2)CC1)c1cc(C(F)(F)F)cc(C(F)(F)F)c1. The van der Waals surface area contributed by atoms with Gasteiger partial charge in [0.1, 0.15) is 0 Å². The molecule has 0 unspecified atom stereocenters. The van der Waals surface area contributed by atoms with Crippen LogP contribution in [0.4, 0.5) is 26.3 Å². The minimum atomic E-state index is -5.01. The van der Waals surface area contributed by atoms with Gasteiger partial charge < -0.3 is 15.5 Å². The van der Waals surface area contributed by atoms with Gasteiger partial charge in [-0.1, -0.05) is 12.8 Å². The van der Waals surface area contributed by atoms with Gasteiger partial charge in [-0.2, -0.15) is 26.3 Å². The van der Waals surface area contributed by atoms with Gasteiger partial charge in [-0.25, -0.2) is 0 Å². The monoisotopic (exact) mass is 479 g/mol. The number of halogens is 6. The highest BCUT2D eigenvalue weighted by molar-refractivity contribution is 5.94. The Labute approximate surface area is 187 Å². The van der Waals surface area contributed by atoms with Crippen LogP contribution in [0.2, 0.25) is 0 Å². The first-order chi connectivity index (χ1) is 15.4. The maximum absolute atomic E-state index is 13.0. The van der Waals surface area contributed by atoms with E-state index in [9.17, 15) is 35.9 Å². The minimum Gasteiger partial charge on any atom is -0.352 e. The summed E-state index contributed by atoms with van der Waals surface area (Å²) in [5, 5.41) is 5.71. The number of amides is 2. The number of nitrogens with one attached hydrogen (secondary N) is 2. The fourth-order valence-electron chi connectivity index (χ4n) is 4.28. The normalized spacial score (nSPS) is 18.5. The molecule has 1 saturated heterocycles. The zero-order chi connectivity index (χ0) is 24.2. The zero-order valence-electron chi connectivity index (χ0n) is 18.0. The average Bonchev–Trinajstić information content (AvgIpc) is 3.28. The van der Waals surface area contributed by atoms with Gasteiger partial charge in [0.25, 0.3) is 5.91 Å². The van der Waals surface area contributed by atoms with E-state index in [4.69, 9.17) is 0 Å². The highest BCUT2D eigenvalue weighted by atomic mass is 19.4. The lowest BCUT2D eigenvalue weighted by atomic mass is 9.96. The molecule has 0 spiro atoms. The molecule has 0 bridgehead atoms. The first-order valence-corrected chi connectivity index (χ1v) is 11.0. The summed E-state index contributed by atoms with van der Waals surface area (Å²) in [7, 11) is 0. The molecule has 1 aromatic carbocycles. The average molecular weight is 479 g/mol. The van der Waals surface area contributed by atoms with Gasteiger partial charge in [0.2, 0.25) is 5.91 Å². The zero-order valence-corrected chi connectivity index (χ0v) is 18.0. The van der Waals surface area contributed by atoms with Gasteiger partial charge in [-0.05, 0) is 49.8 Å². The van der Waals surface area contributed by atoms with E-state index in [2.05, 4.69) is 10.6 Å². The number of carbonyl (C=O) groups excluding carboxylic acids is 2. The summed E-state index contributed by atoms with van der Waals surface area (Å²) >= 11 is 0. The summed E-state index contributed by atoms with van der Waals surface area (Å²) in [5.74, 6) is -1.01. The fourth-order valence-corrected chi connectivity index (χ4v) is 4.28. The van der Waals surface area contributed by atoms with E-state index in [0.29, 0.717) is 44.1 Å². The molecule has 2 N–H and O–H groups in total. The van der Waals surface area contributed by atoms with Crippen molar-refractivity contribution in [1.29, 1.82) is 0 Å². The number of likely N-dealkylation sites (tertiary alicyclic amines) is 1. The van der Waals surface area contributed by atoms with Crippen molar-refractivity contribution in [2.24, 2.45) is 5.92 Å². The Bertz CT molecular complexity index is 809. The molecule has 1 aliphatic carbocycles. The van der Waals surface area contributed by atoms with Gasteiger partial charge in [0.15, 0.2) is 0 Å². The molecule has 0 atom stereocenters. The molecular weight excluding hydrogens is 452 g/mol. The Morgan fingerprint density at radius 3 is 1.94 bits per heavy atom. The Kier molecular flexibility index (Phi) is 7.92. The predicted molar refractivity (Wildman–Crippen MR) is 108 cm³/mol. The molecule has 1 aromatic rings. The van der Waals surface area contributed by atoms with E-state index < -0.39 is 35.0 Å². The third kappa shape index (κ3) is 7.09. The van der Waals surface area contributed by atoms with Gasteiger partial charge in [0, 0.05) is 31.2 Å². The van der Waals surface area contributed by atoms with Crippen LogP contribution in [-0.2, 0) is 17.1 Å². The van der Waals surface area contributed by atoms with Crippen LogP contribution in [0, 0.1) is 5.92 Å².